The van der Waals surface area contributed by atoms with Gasteiger partial charge in [-0.05, 0) is 54.7 Å². The van der Waals surface area contributed by atoms with Crippen molar-refractivity contribution in [3.63, 3.8) is 0 Å². The molecule has 1 aromatic heterocycles. The van der Waals surface area contributed by atoms with E-state index >= 15 is 0 Å². The zero-order valence-electron chi connectivity index (χ0n) is 13.6. The number of aliphatic imine (C=N–C) groups is 1. The van der Waals surface area contributed by atoms with Crippen molar-refractivity contribution >= 4 is 47.4 Å². The maximum atomic E-state index is 13.3. The molecule has 0 aliphatic carbocycles. The van der Waals surface area contributed by atoms with Crippen LogP contribution in [0.25, 0.3) is 17.3 Å². The summed E-state index contributed by atoms with van der Waals surface area (Å²) in [6.45, 7) is 0. The van der Waals surface area contributed by atoms with Crippen LogP contribution in [0.3, 0.4) is 0 Å². The van der Waals surface area contributed by atoms with E-state index in [1.807, 2.05) is 0 Å². The summed E-state index contributed by atoms with van der Waals surface area (Å²) in [4.78, 5) is 19.1. The minimum Gasteiger partial charge on any atom is -0.494 e. The summed E-state index contributed by atoms with van der Waals surface area (Å²) >= 11 is 11.1. The van der Waals surface area contributed by atoms with E-state index in [2.05, 4.69) is 9.98 Å². The highest BCUT2D eigenvalue weighted by molar-refractivity contribution is 7.71. The van der Waals surface area contributed by atoms with Crippen molar-refractivity contribution in [3.8, 4) is 11.6 Å². The summed E-state index contributed by atoms with van der Waals surface area (Å²) in [6.07, 6.45) is 3.00. The van der Waals surface area contributed by atoms with Gasteiger partial charge < -0.3 is 5.11 Å². The number of hydrogen-bond donors (Lipinski definition) is 2. The van der Waals surface area contributed by atoms with Crippen LogP contribution in [0, 0.1) is 10.6 Å². The fourth-order valence-corrected chi connectivity index (χ4v) is 3.24. The third kappa shape index (κ3) is 3.11. The Bertz CT molecular complexity index is 1240. The third-order valence-electron chi connectivity index (χ3n) is 4.12. The molecule has 2 N–H and O–H groups in total. The van der Waals surface area contributed by atoms with Gasteiger partial charge in [0.1, 0.15) is 11.4 Å². The topological polar surface area (TPSA) is 70.4 Å². The SMILES string of the molecule is O=c1[nH]c(=S)n(-c2ccc(Cl)cc2)c(O)c1C=C1C=Nc2cc(F)ccc21. The van der Waals surface area contributed by atoms with E-state index in [-0.39, 0.29) is 16.2 Å². The maximum Gasteiger partial charge on any atom is 0.262 e. The molecule has 0 bridgehead atoms. The number of benzene rings is 2. The first kappa shape index (κ1) is 17.4. The van der Waals surface area contributed by atoms with Crippen molar-refractivity contribution in [2.45, 2.75) is 0 Å². The second kappa shape index (κ2) is 6.61. The molecule has 0 unspecified atom stereocenters. The quantitative estimate of drug-likeness (QED) is 0.616. The molecule has 0 fully saturated rings. The van der Waals surface area contributed by atoms with Crippen LogP contribution < -0.4 is 5.56 Å². The zero-order chi connectivity index (χ0) is 19.1. The van der Waals surface area contributed by atoms with Gasteiger partial charge in [-0.25, -0.2) is 4.39 Å². The van der Waals surface area contributed by atoms with Gasteiger partial charge in [-0.15, -0.1) is 0 Å². The average molecular weight is 400 g/mol. The second-order valence-corrected chi connectivity index (χ2v) is 6.65. The minimum atomic E-state index is -0.542. The van der Waals surface area contributed by atoms with Gasteiger partial charge in [0.05, 0.1) is 11.4 Å². The molecule has 134 valence electrons. The Hall–Kier alpha value is -3.03. The van der Waals surface area contributed by atoms with Gasteiger partial charge >= 0.3 is 0 Å². The van der Waals surface area contributed by atoms with Gasteiger partial charge in [0.25, 0.3) is 5.56 Å². The molecule has 0 atom stereocenters. The third-order valence-corrected chi connectivity index (χ3v) is 4.66. The lowest BCUT2D eigenvalue weighted by molar-refractivity contribution is 0.432. The number of aromatic hydroxyl groups is 1. The first-order valence-corrected chi connectivity index (χ1v) is 8.62. The molecule has 1 aliphatic rings. The Kier molecular flexibility index (Phi) is 4.25. The van der Waals surface area contributed by atoms with Crippen LogP contribution >= 0.6 is 23.8 Å². The summed E-state index contributed by atoms with van der Waals surface area (Å²) in [5, 5.41) is 11.2. The van der Waals surface area contributed by atoms with Crippen LogP contribution in [0.15, 0.2) is 52.3 Å². The summed E-state index contributed by atoms with van der Waals surface area (Å²) in [7, 11) is 0. The van der Waals surface area contributed by atoms with Crippen molar-refractivity contribution in [2.75, 3.05) is 0 Å². The van der Waals surface area contributed by atoms with Gasteiger partial charge in [-0.3, -0.25) is 19.3 Å². The van der Waals surface area contributed by atoms with Crippen molar-refractivity contribution in [1.82, 2.24) is 9.55 Å². The van der Waals surface area contributed by atoms with E-state index in [1.54, 1.807) is 30.3 Å². The highest BCUT2D eigenvalue weighted by atomic mass is 35.5. The number of halogens is 2. The molecule has 0 saturated carbocycles. The smallest absolute Gasteiger partial charge is 0.262 e. The van der Waals surface area contributed by atoms with Crippen LogP contribution in [-0.2, 0) is 0 Å². The molecule has 0 saturated heterocycles. The summed E-state index contributed by atoms with van der Waals surface area (Å²) in [5.74, 6) is -0.716. The minimum absolute atomic E-state index is 0.0113. The van der Waals surface area contributed by atoms with Crippen molar-refractivity contribution < 1.29 is 9.50 Å². The number of nitrogens with one attached hydrogen (secondary N) is 1. The zero-order valence-corrected chi connectivity index (χ0v) is 15.2. The molecular formula is C19H11ClFN3O2S. The van der Waals surface area contributed by atoms with E-state index in [4.69, 9.17) is 23.8 Å². The van der Waals surface area contributed by atoms with Crippen LogP contribution in [0.4, 0.5) is 10.1 Å². The lowest BCUT2D eigenvalue weighted by Gasteiger charge is -2.11. The first-order valence-electron chi connectivity index (χ1n) is 7.84. The van der Waals surface area contributed by atoms with E-state index in [0.29, 0.717) is 27.5 Å². The Morgan fingerprint density at radius 2 is 1.96 bits per heavy atom. The summed E-state index contributed by atoms with van der Waals surface area (Å²) < 4.78 is 14.7. The molecule has 0 amide bonds. The second-order valence-electron chi connectivity index (χ2n) is 5.83. The van der Waals surface area contributed by atoms with Crippen molar-refractivity contribution in [2.24, 2.45) is 4.99 Å². The largest absolute Gasteiger partial charge is 0.494 e. The van der Waals surface area contributed by atoms with Gasteiger partial charge in [0.15, 0.2) is 4.77 Å². The van der Waals surface area contributed by atoms with Gasteiger partial charge in [-0.2, -0.15) is 0 Å². The molecule has 1 aliphatic heterocycles. The Balaban J connectivity index is 1.90. The van der Waals surface area contributed by atoms with E-state index in [9.17, 15) is 14.3 Å². The molecule has 27 heavy (non-hydrogen) atoms. The fourth-order valence-electron chi connectivity index (χ4n) is 2.83. The van der Waals surface area contributed by atoms with Gasteiger partial charge in [0, 0.05) is 28.4 Å². The predicted molar refractivity (Wildman–Crippen MR) is 106 cm³/mol. The number of H-pyrrole nitrogens is 1. The molecule has 3 aromatic rings. The maximum absolute atomic E-state index is 13.3. The molecule has 0 spiro atoms. The van der Waals surface area contributed by atoms with E-state index < -0.39 is 11.4 Å². The molecule has 5 nitrogen and oxygen atoms in total. The van der Waals surface area contributed by atoms with Gasteiger partial charge in [0.2, 0.25) is 5.88 Å². The summed E-state index contributed by atoms with van der Waals surface area (Å²) in [5.41, 5.74) is 1.71. The lowest BCUT2D eigenvalue weighted by atomic mass is 10.0. The molecule has 0 radical (unpaired) electrons. The van der Waals surface area contributed by atoms with Crippen molar-refractivity contribution in [1.29, 1.82) is 0 Å². The first-order chi connectivity index (χ1) is 12.9. The Morgan fingerprint density at radius 1 is 1.22 bits per heavy atom. The Labute approximate surface area is 162 Å². The monoisotopic (exact) mass is 399 g/mol. The van der Waals surface area contributed by atoms with Crippen LogP contribution in [-0.4, -0.2) is 20.9 Å². The standard InChI is InChI=1S/C19H11ClFN3O2S/c20-11-1-4-13(5-2-11)24-18(26)15(17(25)23-19(24)27)7-10-9-22-16-8-12(21)3-6-14(10)16/h1-9,26H,(H,23,25,27). The normalized spacial score (nSPS) is 13.9. The van der Waals surface area contributed by atoms with E-state index in [0.717, 1.165) is 0 Å². The van der Waals surface area contributed by atoms with Gasteiger partial charge in [-0.1, -0.05) is 11.6 Å². The lowest BCUT2D eigenvalue weighted by Crippen LogP contribution is -2.16. The molecule has 2 aromatic carbocycles. The molecule has 4 rings (SSSR count). The number of hydrogen-bond acceptors (Lipinski definition) is 4. The predicted octanol–water partition coefficient (Wildman–Crippen LogP) is 4.65. The highest BCUT2D eigenvalue weighted by Crippen LogP contribution is 2.34. The average Bonchev–Trinajstić information content (AvgIpc) is 3.02. The van der Waals surface area contributed by atoms with Crippen LogP contribution in [0.2, 0.25) is 5.02 Å². The Morgan fingerprint density at radius 3 is 2.70 bits per heavy atom. The number of rotatable bonds is 2. The number of nitrogens with zero attached hydrogens (tertiary/aromatic N) is 2. The number of aromatic nitrogens is 2. The summed E-state index contributed by atoms with van der Waals surface area (Å²) in [6, 6.07) is 10.8. The fraction of sp³-hybridized carbons (Fsp3) is 0. The number of allylic oxidation sites excluding steroid dienone is 1. The number of fused-ring (bicyclic) bond motifs is 1. The number of aromatic amines is 1. The van der Waals surface area contributed by atoms with Crippen LogP contribution in [0.1, 0.15) is 11.1 Å². The molecule has 8 heteroatoms. The van der Waals surface area contributed by atoms with Crippen molar-refractivity contribution in [3.05, 3.63) is 79.6 Å². The van der Waals surface area contributed by atoms with E-state index in [1.165, 1.54) is 29.0 Å². The van der Waals surface area contributed by atoms with Crippen LogP contribution in [0.5, 0.6) is 5.88 Å². The molecule has 2 heterocycles. The molecular weight excluding hydrogens is 389 g/mol. The highest BCUT2D eigenvalue weighted by Gasteiger charge is 2.17.